The van der Waals surface area contributed by atoms with Crippen molar-refractivity contribution in [3.8, 4) is 0 Å². The van der Waals surface area contributed by atoms with Crippen molar-refractivity contribution < 1.29 is 64.6 Å². The molecular weight excluding hydrogens is 955 g/mol. The van der Waals surface area contributed by atoms with Gasteiger partial charge in [-0.3, -0.25) is 4.79 Å². The number of rotatable bonds is 47. The summed E-state index contributed by atoms with van der Waals surface area (Å²) in [5.74, 6) is -0.252. The summed E-state index contributed by atoms with van der Waals surface area (Å²) >= 11 is 0. The minimum atomic E-state index is -1.79. The number of carbonyl (C=O) groups is 1. The summed E-state index contributed by atoms with van der Waals surface area (Å²) in [4.78, 5) is 13.2. The van der Waals surface area contributed by atoms with Crippen molar-refractivity contribution in [1.29, 1.82) is 0 Å². The number of hydrogen-bond donors (Lipinski definition) is 9. The maximum Gasteiger partial charge on any atom is 0.220 e. The molecule has 12 atom stereocenters. The molecule has 0 radical (unpaired) electrons. The lowest BCUT2D eigenvalue weighted by molar-refractivity contribution is -0.359. The first-order valence-corrected chi connectivity index (χ1v) is 30.0. The standard InChI is InChI=1S/C61H109NO13/c1-3-5-7-9-11-13-15-17-18-19-20-21-22-23-24-25-26-27-28-29-30-31-32-33-35-37-39-41-43-45-53(66)62-49(50(65)44-42-40-38-36-34-16-14-12-10-8-6-4-2)48-72-60-58(71)56(69)59(52(47-64)74-60)75-61-57(70)55(68)54(67)51(46-63)73-61/h15,17,19-20,22-23,34,36,42,44,49-52,54-61,63-65,67-71H,3-14,16,18,21,24-33,35,37-41,43,45-48H2,1-2H3,(H,62,66)/b17-15-,20-19-,23-22-,36-34+,44-42+. The van der Waals surface area contributed by atoms with Gasteiger partial charge in [-0.05, 0) is 70.6 Å². The molecule has 2 saturated heterocycles. The SMILES string of the molecule is CCCCCCC/C=C\C/C=C\C/C=C\CCCCCCCCCCCCCCCCC(=O)NC(COC1OC(CO)C(OC2OC(CO)C(O)C(O)C2O)C(O)C1O)C(O)/C=C/CC/C=C/CCCCCCCC. The van der Waals surface area contributed by atoms with E-state index in [0.717, 1.165) is 44.9 Å². The second-order valence-electron chi connectivity index (χ2n) is 21.1. The normalized spacial score (nSPS) is 25.5. The first-order valence-electron chi connectivity index (χ1n) is 30.0. The van der Waals surface area contributed by atoms with Crippen LogP contribution in [0.2, 0.25) is 0 Å². The Morgan fingerprint density at radius 1 is 0.480 bits per heavy atom. The molecule has 2 heterocycles. The molecule has 75 heavy (non-hydrogen) atoms. The Labute approximate surface area is 454 Å². The molecule has 1 amide bonds. The number of nitrogens with one attached hydrogen (secondary N) is 1. The fourth-order valence-corrected chi connectivity index (χ4v) is 9.55. The molecule has 14 nitrogen and oxygen atoms in total. The smallest absolute Gasteiger partial charge is 0.220 e. The van der Waals surface area contributed by atoms with E-state index in [1.54, 1.807) is 6.08 Å². The molecule has 2 aliphatic rings. The van der Waals surface area contributed by atoms with Gasteiger partial charge in [0.05, 0.1) is 32.0 Å². The van der Waals surface area contributed by atoms with Gasteiger partial charge in [0.25, 0.3) is 0 Å². The highest BCUT2D eigenvalue weighted by Crippen LogP contribution is 2.30. The number of hydrogen-bond acceptors (Lipinski definition) is 13. The van der Waals surface area contributed by atoms with Gasteiger partial charge in [-0.1, -0.05) is 209 Å². The maximum atomic E-state index is 13.2. The fourth-order valence-electron chi connectivity index (χ4n) is 9.55. The van der Waals surface area contributed by atoms with Gasteiger partial charge in [-0.15, -0.1) is 0 Å². The zero-order valence-electron chi connectivity index (χ0n) is 46.8. The van der Waals surface area contributed by atoms with Gasteiger partial charge in [0.1, 0.15) is 48.8 Å². The molecule has 2 fully saturated rings. The van der Waals surface area contributed by atoms with Crippen molar-refractivity contribution >= 4 is 5.91 Å². The summed E-state index contributed by atoms with van der Waals surface area (Å²) in [6.45, 7) is 2.74. The third-order valence-electron chi connectivity index (χ3n) is 14.4. The van der Waals surface area contributed by atoms with Gasteiger partial charge in [0.15, 0.2) is 12.6 Å². The van der Waals surface area contributed by atoms with Crippen LogP contribution in [0.1, 0.15) is 226 Å². The van der Waals surface area contributed by atoms with Gasteiger partial charge < -0.3 is 65.1 Å². The summed E-state index contributed by atoms with van der Waals surface area (Å²) in [6.07, 6.45) is 42.8. The molecule has 14 heteroatoms. The number of allylic oxidation sites excluding steroid dienone is 9. The van der Waals surface area contributed by atoms with E-state index in [9.17, 15) is 45.6 Å². The molecule has 0 aromatic heterocycles. The summed E-state index contributed by atoms with van der Waals surface area (Å²) in [6, 6.07) is -0.932. The highest BCUT2D eigenvalue weighted by atomic mass is 16.7. The van der Waals surface area contributed by atoms with Crippen molar-refractivity contribution in [3.63, 3.8) is 0 Å². The van der Waals surface area contributed by atoms with Crippen LogP contribution in [0, 0.1) is 0 Å². The van der Waals surface area contributed by atoms with E-state index < -0.39 is 86.8 Å². The van der Waals surface area contributed by atoms with Crippen LogP contribution >= 0.6 is 0 Å². The lowest BCUT2D eigenvalue weighted by Gasteiger charge is -2.46. The van der Waals surface area contributed by atoms with E-state index >= 15 is 0 Å². The van der Waals surface area contributed by atoms with Crippen LogP contribution in [0.3, 0.4) is 0 Å². The molecule has 2 rings (SSSR count). The van der Waals surface area contributed by atoms with E-state index in [4.69, 9.17) is 18.9 Å². The van der Waals surface area contributed by atoms with Crippen LogP contribution in [0.25, 0.3) is 0 Å². The Morgan fingerprint density at radius 2 is 0.893 bits per heavy atom. The second-order valence-corrected chi connectivity index (χ2v) is 21.1. The third-order valence-corrected chi connectivity index (χ3v) is 14.4. The Bertz CT molecular complexity index is 1490. The zero-order chi connectivity index (χ0) is 54.6. The molecule has 0 aromatic carbocycles. The molecule has 0 aromatic rings. The lowest BCUT2D eigenvalue weighted by Crippen LogP contribution is -2.65. The highest BCUT2D eigenvalue weighted by molar-refractivity contribution is 5.76. The minimum Gasteiger partial charge on any atom is -0.394 e. The van der Waals surface area contributed by atoms with Gasteiger partial charge in [-0.25, -0.2) is 0 Å². The van der Waals surface area contributed by atoms with Gasteiger partial charge in [-0.2, -0.15) is 0 Å². The number of aliphatic hydroxyl groups excluding tert-OH is 8. The monoisotopic (exact) mass is 1060 g/mol. The summed E-state index contributed by atoms with van der Waals surface area (Å²) in [7, 11) is 0. The Hall–Kier alpha value is -2.31. The Morgan fingerprint density at radius 3 is 1.40 bits per heavy atom. The largest absolute Gasteiger partial charge is 0.394 e. The van der Waals surface area contributed by atoms with Crippen molar-refractivity contribution in [3.05, 3.63) is 60.8 Å². The topological polar surface area (TPSA) is 228 Å². The molecule has 0 bridgehead atoms. The third kappa shape index (κ3) is 32.4. The van der Waals surface area contributed by atoms with Crippen molar-refractivity contribution in [2.45, 2.75) is 299 Å². The predicted octanol–water partition coefficient (Wildman–Crippen LogP) is 10.2. The van der Waals surface area contributed by atoms with E-state index in [0.29, 0.717) is 12.8 Å². The number of aliphatic hydroxyl groups is 8. The van der Waals surface area contributed by atoms with Crippen LogP contribution in [0.4, 0.5) is 0 Å². The lowest BCUT2D eigenvalue weighted by atomic mass is 9.97. The number of carbonyl (C=O) groups excluding carboxylic acids is 1. The second kappa shape index (κ2) is 46.6. The van der Waals surface area contributed by atoms with Gasteiger partial charge in [0.2, 0.25) is 5.91 Å². The van der Waals surface area contributed by atoms with Gasteiger partial charge in [0, 0.05) is 6.42 Å². The average molecular weight is 1060 g/mol. The average Bonchev–Trinajstić information content (AvgIpc) is 3.41. The number of ether oxygens (including phenoxy) is 4. The van der Waals surface area contributed by atoms with Crippen molar-refractivity contribution in [1.82, 2.24) is 5.32 Å². The first-order chi connectivity index (χ1) is 36.6. The van der Waals surface area contributed by atoms with Crippen molar-refractivity contribution in [2.75, 3.05) is 19.8 Å². The van der Waals surface area contributed by atoms with Crippen LogP contribution < -0.4 is 5.32 Å². The fraction of sp³-hybridized carbons (Fsp3) is 0.820. The maximum absolute atomic E-state index is 13.2. The molecule has 0 aliphatic carbocycles. The van der Waals surface area contributed by atoms with Crippen LogP contribution in [-0.2, 0) is 23.7 Å². The van der Waals surface area contributed by atoms with E-state index in [-0.39, 0.29) is 18.9 Å². The predicted molar refractivity (Wildman–Crippen MR) is 300 cm³/mol. The van der Waals surface area contributed by atoms with Crippen LogP contribution in [-0.4, -0.2) is 140 Å². The number of amides is 1. The molecule has 0 saturated carbocycles. The quantitative estimate of drug-likeness (QED) is 0.0204. The van der Waals surface area contributed by atoms with E-state index in [2.05, 4.69) is 67.8 Å². The summed E-state index contributed by atoms with van der Waals surface area (Å²) in [5, 5.41) is 86.9. The van der Waals surface area contributed by atoms with Gasteiger partial charge >= 0.3 is 0 Å². The summed E-state index contributed by atoms with van der Waals surface area (Å²) < 4.78 is 22.7. The molecule has 436 valence electrons. The van der Waals surface area contributed by atoms with E-state index in [1.807, 2.05) is 6.08 Å². The summed E-state index contributed by atoms with van der Waals surface area (Å²) in [5.41, 5.74) is 0. The minimum absolute atomic E-state index is 0.252. The molecule has 0 spiro atoms. The Balaban J connectivity index is 1.69. The Kier molecular flexibility index (Phi) is 42.7. The zero-order valence-corrected chi connectivity index (χ0v) is 46.8. The molecule has 9 N–H and O–H groups in total. The molecule has 12 unspecified atom stereocenters. The van der Waals surface area contributed by atoms with Crippen LogP contribution in [0.5, 0.6) is 0 Å². The van der Waals surface area contributed by atoms with Crippen LogP contribution in [0.15, 0.2) is 60.8 Å². The van der Waals surface area contributed by atoms with Crippen molar-refractivity contribution in [2.24, 2.45) is 0 Å². The molecular formula is C61H109NO13. The number of unbranched alkanes of at least 4 members (excludes halogenated alkanes) is 26. The molecule has 2 aliphatic heterocycles. The first kappa shape index (κ1) is 68.8. The highest BCUT2D eigenvalue weighted by Gasteiger charge is 2.51. The van der Waals surface area contributed by atoms with E-state index in [1.165, 1.54) is 148 Å².